The molecular weight excluding hydrogens is 374 g/mol. The van der Waals surface area contributed by atoms with Gasteiger partial charge in [-0.15, -0.1) is 0 Å². The van der Waals surface area contributed by atoms with Gasteiger partial charge < -0.3 is 10.1 Å². The maximum atomic E-state index is 11.7. The first-order chi connectivity index (χ1) is 11.3. The third kappa shape index (κ3) is 8.10. The molecule has 132 valence electrons. The van der Waals surface area contributed by atoms with Crippen molar-refractivity contribution in [2.75, 3.05) is 13.2 Å². The fraction of sp³-hybridized carbons (Fsp3) is 0.471. The highest BCUT2D eigenvalue weighted by Crippen LogP contribution is 2.21. The lowest BCUT2D eigenvalue weighted by atomic mass is 10.2. The Balaban J connectivity index is 2.37. The predicted molar refractivity (Wildman–Crippen MR) is 98.1 cm³/mol. The molecule has 0 saturated carbocycles. The number of hydrazone groups is 1. The average molecular weight is 398 g/mol. The van der Waals surface area contributed by atoms with Gasteiger partial charge >= 0.3 is 0 Å². The van der Waals surface area contributed by atoms with Crippen molar-refractivity contribution in [2.24, 2.45) is 11.0 Å². The van der Waals surface area contributed by atoms with Crippen LogP contribution in [-0.4, -0.2) is 30.7 Å². The zero-order valence-corrected chi connectivity index (χ0v) is 16.1. The van der Waals surface area contributed by atoms with Crippen molar-refractivity contribution in [1.29, 1.82) is 0 Å². The Morgan fingerprint density at radius 1 is 1.29 bits per heavy atom. The van der Waals surface area contributed by atoms with E-state index in [1.165, 1.54) is 0 Å². The number of amides is 2. The normalized spacial score (nSPS) is 11.3. The second-order valence-electron chi connectivity index (χ2n) is 5.96. The number of nitrogens with zero attached hydrogens (tertiary/aromatic N) is 1. The summed E-state index contributed by atoms with van der Waals surface area (Å²) in [4.78, 5) is 23.4. The highest BCUT2D eigenvalue weighted by atomic mass is 79.9. The molecule has 0 aliphatic heterocycles. The highest BCUT2D eigenvalue weighted by molar-refractivity contribution is 9.10. The Hall–Kier alpha value is -1.89. The van der Waals surface area contributed by atoms with Crippen LogP contribution in [0.3, 0.4) is 0 Å². The Morgan fingerprint density at radius 2 is 2.00 bits per heavy atom. The fourth-order valence-electron chi connectivity index (χ4n) is 1.76. The molecule has 6 nitrogen and oxygen atoms in total. The molecule has 1 aromatic rings. The third-order valence-electron chi connectivity index (χ3n) is 2.99. The molecule has 0 unspecified atom stereocenters. The Labute approximate surface area is 151 Å². The summed E-state index contributed by atoms with van der Waals surface area (Å²) in [5, 5.41) is 6.71. The van der Waals surface area contributed by atoms with E-state index >= 15 is 0 Å². The first-order valence-electron chi connectivity index (χ1n) is 7.75. The molecule has 0 heterocycles. The molecule has 0 aliphatic rings. The topological polar surface area (TPSA) is 79.8 Å². The van der Waals surface area contributed by atoms with Crippen LogP contribution in [0.4, 0.5) is 0 Å². The van der Waals surface area contributed by atoms with Crippen LogP contribution in [0.25, 0.3) is 0 Å². The maximum Gasteiger partial charge on any atom is 0.277 e. The van der Waals surface area contributed by atoms with Crippen LogP contribution in [0, 0.1) is 12.8 Å². The number of hydrogen-bond acceptors (Lipinski definition) is 4. The van der Waals surface area contributed by atoms with Gasteiger partial charge in [-0.25, -0.2) is 5.43 Å². The Bertz CT molecular complexity index is 615. The molecular formula is C17H24BrN3O3. The number of rotatable bonds is 8. The van der Waals surface area contributed by atoms with E-state index in [4.69, 9.17) is 4.74 Å². The molecule has 0 bridgehead atoms. The van der Waals surface area contributed by atoms with Gasteiger partial charge in [0.1, 0.15) is 5.75 Å². The summed E-state index contributed by atoms with van der Waals surface area (Å²) in [5.41, 5.74) is 3.85. The van der Waals surface area contributed by atoms with Crippen LogP contribution >= 0.6 is 15.9 Å². The molecule has 7 heteroatoms. The lowest BCUT2D eigenvalue weighted by molar-refractivity contribution is -0.123. The minimum absolute atomic E-state index is 0.110. The number of benzene rings is 1. The van der Waals surface area contributed by atoms with Gasteiger partial charge in [-0.2, -0.15) is 5.10 Å². The van der Waals surface area contributed by atoms with Gasteiger partial charge in [-0.1, -0.05) is 29.8 Å². The van der Waals surface area contributed by atoms with E-state index < -0.39 is 0 Å². The Morgan fingerprint density at radius 3 is 2.62 bits per heavy atom. The first-order valence-corrected chi connectivity index (χ1v) is 8.55. The molecule has 0 radical (unpaired) electrons. The zero-order valence-electron chi connectivity index (χ0n) is 14.5. The van der Waals surface area contributed by atoms with Crippen LogP contribution in [0.15, 0.2) is 27.8 Å². The van der Waals surface area contributed by atoms with E-state index in [0.29, 0.717) is 23.9 Å². The highest BCUT2D eigenvalue weighted by Gasteiger charge is 2.07. The standard InChI is InChI=1S/C17H24BrN3O3/c1-11(2)9-19-16(22)8-13(4)20-21-17(23)10-24-15-6-5-14(18)7-12(15)3/h5-7,11H,8-10H2,1-4H3,(H,19,22)(H,21,23)/b20-13+. The summed E-state index contributed by atoms with van der Waals surface area (Å²) in [6.07, 6.45) is 0.152. The van der Waals surface area contributed by atoms with Crippen molar-refractivity contribution < 1.29 is 14.3 Å². The molecule has 1 aromatic carbocycles. The number of carbonyl (C=O) groups is 2. The maximum absolute atomic E-state index is 11.7. The SMILES string of the molecule is C/C(CC(=O)NCC(C)C)=N\NC(=O)COc1ccc(Br)cc1C. The number of halogens is 1. The van der Waals surface area contributed by atoms with E-state index in [-0.39, 0.29) is 24.8 Å². The summed E-state index contributed by atoms with van der Waals surface area (Å²) in [6.45, 7) is 8.12. The first kappa shape index (κ1) is 20.2. The predicted octanol–water partition coefficient (Wildman–Crippen LogP) is 2.79. The Kier molecular flexibility index (Phi) is 8.46. The number of ether oxygens (including phenoxy) is 1. The van der Waals surface area contributed by atoms with Gasteiger partial charge in [0.25, 0.3) is 5.91 Å². The third-order valence-corrected chi connectivity index (χ3v) is 3.48. The average Bonchev–Trinajstić information content (AvgIpc) is 2.50. The molecule has 1 rings (SSSR count). The summed E-state index contributed by atoms with van der Waals surface area (Å²) in [6, 6.07) is 5.55. The quantitative estimate of drug-likeness (QED) is 0.522. The monoisotopic (exact) mass is 397 g/mol. The van der Waals surface area contributed by atoms with Gasteiger partial charge in [0, 0.05) is 16.7 Å². The fourth-order valence-corrected chi connectivity index (χ4v) is 2.24. The second kappa shape index (κ2) is 10.1. The van der Waals surface area contributed by atoms with Crippen molar-refractivity contribution in [1.82, 2.24) is 10.7 Å². The van der Waals surface area contributed by atoms with E-state index in [0.717, 1.165) is 10.0 Å². The van der Waals surface area contributed by atoms with E-state index in [1.807, 2.05) is 32.9 Å². The van der Waals surface area contributed by atoms with Crippen LogP contribution in [0.2, 0.25) is 0 Å². The van der Waals surface area contributed by atoms with Crippen LogP contribution < -0.4 is 15.5 Å². The lowest BCUT2D eigenvalue weighted by Gasteiger charge is -2.09. The van der Waals surface area contributed by atoms with Crippen molar-refractivity contribution in [3.05, 3.63) is 28.2 Å². The number of carbonyl (C=O) groups excluding carboxylic acids is 2. The van der Waals surface area contributed by atoms with Crippen LogP contribution in [0.1, 0.15) is 32.8 Å². The largest absolute Gasteiger partial charge is 0.483 e. The summed E-state index contributed by atoms with van der Waals surface area (Å²) >= 11 is 3.37. The summed E-state index contributed by atoms with van der Waals surface area (Å²) in [5.74, 6) is 0.549. The molecule has 0 aliphatic carbocycles. The molecule has 0 aromatic heterocycles. The zero-order chi connectivity index (χ0) is 18.1. The molecule has 24 heavy (non-hydrogen) atoms. The van der Waals surface area contributed by atoms with Crippen molar-refractivity contribution >= 4 is 33.5 Å². The molecule has 0 fully saturated rings. The number of nitrogens with one attached hydrogen (secondary N) is 2. The lowest BCUT2D eigenvalue weighted by Crippen LogP contribution is -2.30. The van der Waals surface area contributed by atoms with Gasteiger partial charge in [0.15, 0.2) is 6.61 Å². The second-order valence-corrected chi connectivity index (χ2v) is 6.87. The summed E-state index contributed by atoms with van der Waals surface area (Å²) in [7, 11) is 0. The molecule has 0 atom stereocenters. The number of hydrogen-bond donors (Lipinski definition) is 2. The van der Waals surface area contributed by atoms with Gasteiger partial charge in [-0.3, -0.25) is 9.59 Å². The van der Waals surface area contributed by atoms with Crippen LogP contribution in [0.5, 0.6) is 5.75 Å². The van der Waals surface area contributed by atoms with Crippen LogP contribution in [-0.2, 0) is 9.59 Å². The van der Waals surface area contributed by atoms with E-state index in [2.05, 4.69) is 31.8 Å². The smallest absolute Gasteiger partial charge is 0.277 e. The minimum Gasteiger partial charge on any atom is -0.483 e. The van der Waals surface area contributed by atoms with Gasteiger partial charge in [0.2, 0.25) is 5.91 Å². The molecule has 2 N–H and O–H groups in total. The van der Waals surface area contributed by atoms with Crippen molar-refractivity contribution in [2.45, 2.75) is 34.1 Å². The summed E-state index contributed by atoms with van der Waals surface area (Å²) < 4.78 is 6.40. The van der Waals surface area contributed by atoms with Crippen molar-refractivity contribution in [3.63, 3.8) is 0 Å². The number of aryl methyl sites for hydroxylation is 1. The molecule has 0 saturated heterocycles. The van der Waals surface area contributed by atoms with Crippen molar-refractivity contribution in [3.8, 4) is 5.75 Å². The van der Waals surface area contributed by atoms with E-state index in [1.54, 1.807) is 13.0 Å². The molecule has 2 amide bonds. The minimum atomic E-state index is -0.376. The van der Waals surface area contributed by atoms with Gasteiger partial charge in [-0.05, 0) is 43.5 Å². The van der Waals surface area contributed by atoms with E-state index in [9.17, 15) is 9.59 Å². The molecule has 0 spiro atoms. The van der Waals surface area contributed by atoms with Gasteiger partial charge in [0.05, 0.1) is 6.42 Å².